The van der Waals surface area contributed by atoms with Gasteiger partial charge in [-0.3, -0.25) is 9.88 Å². The van der Waals surface area contributed by atoms with Crippen molar-refractivity contribution in [2.24, 2.45) is 0 Å². The molecule has 0 aliphatic carbocycles. The minimum absolute atomic E-state index is 0.284. The molecule has 1 atom stereocenters. The zero-order chi connectivity index (χ0) is 17.7. The number of aromatic nitrogens is 1. The van der Waals surface area contributed by atoms with Crippen LogP contribution in [0.1, 0.15) is 31.0 Å². The van der Waals surface area contributed by atoms with Crippen molar-refractivity contribution >= 4 is 0 Å². The molecular formula is C20H26FN3O. The Morgan fingerprint density at radius 3 is 2.56 bits per heavy atom. The maximum absolute atomic E-state index is 13.0. The van der Waals surface area contributed by atoms with Crippen LogP contribution in [0.4, 0.5) is 4.39 Å². The topological polar surface area (TPSA) is 48.4 Å². The van der Waals surface area contributed by atoms with Gasteiger partial charge in [0.25, 0.3) is 0 Å². The molecule has 0 saturated carbocycles. The van der Waals surface area contributed by atoms with Gasteiger partial charge in [-0.2, -0.15) is 0 Å². The third-order valence-electron chi connectivity index (χ3n) is 4.90. The molecule has 1 saturated heterocycles. The Kier molecular flexibility index (Phi) is 5.78. The van der Waals surface area contributed by atoms with Gasteiger partial charge in [0.1, 0.15) is 5.82 Å². The van der Waals surface area contributed by atoms with Crippen LogP contribution in [-0.4, -0.2) is 40.7 Å². The molecule has 2 aromatic rings. The van der Waals surface area contributed by atoms with Crippen LogP contribution in [0, 0.1) is 5.82 Å². The van der Waals surface area contributed by atoms with Gasteiger partial charge in [-0.25, -0.2) is 4.39 Å². The monoisotopic (exact) mass is 343 g/mol. The van der Waals surface area contributed by atoms with Gasteiger partial charge in [-0.05, 0) is 49.6 Å². The predicted octanol–water partition coefficient (Wildman–Crippen LogP) is 2.68. The SMILES string of the molecule is C[C@](O)(CNC1CCN(Cc2ccccn2)CC1)c1ccc(F)cc1. The lowest BCUT2D eigenvalue weighted by atomic mass is 9.95. The van der Waals surface area contributed by atoms with Crippen molar-refractivity contribution in [1.82, 2.24) is 15.2 Å². The highest BCUT2D eigenvalue weighted by atomic mass is 19.1. The summed E-state index contributed by atoms with van der Waals surface area (Å²) in [7, 11) is 0. The third-order valence-corrected chi connectivity index (χ3v) is 4.90. The number of hydrogen-bond donors (Lipinski definition) is 2. The van der Waals surface area contributed by atoms with E-state index < -0.39 is 5.60 Å². The van der Waals surface area contributed by atoms with Gasteiger partial charge in [0.05, 0.1) is 11.3 Å². The van der Waals surface area contributed by atoms with Crippen molar-refractivity contribution in [3.8, 4) is 0 Å². The van der Waals surface area contributed by atoms with Crippen LogP contribution < -0.4 is 5.32 Å². The molecule has 1 aromatic carbocycles. The maximum Gasteiger partial charge on any atom is 0.123 e. The number of hydrogen-bond acceptors (Lipinski definition) is 4. The molecule has 3 rings (SSSR count). The maximum atomic E-state index is 13.0. The molecule has 1 aliphatic heterocycles. The molecule has 0 unspecified atom stereocenters. The number of benzene rings is 1. The van der Waals surface area contributed by atoms with E-state index in [0.717, 1.165) is 43.7 Å². The summed E-state index contributed by atoms with van der Waals surface area (Å²) in [4.78, 5) is 6.80. The van der Waals surface area contributed by atoms with Crippen LogP contribution in [0.25, 0.3) is 0 Å². The van der Waals surface area contributed by atoms with E-state index >= 15 is 0 Å². The Morgan fingerprint density at radius 2 is 1.92 bits per heavy atom. The van der Waals surface area contributed by atoms with Gasteiger partial charge in [0.2, 0.25) is 0 Å². The molecular weight excluding hydrogens is 317 g/mol. The van der Waals surface area contributed by atoms with Crippen molar-refractivity contribution in [3.05, 3.63) is 65.7 Å². The molecule has 0 bridgehead atoms. The molecule has 1 aromatic heterocycles. The van der Waals surface area contributed by atoms with Crippen LogP contribution in [-0.2, 0) is 12.1 Å². The normalized spacial score (nSPS) is 18.8. The molecule has 0 amide bonds. The second-order valence-electron chi connectivity index (χ2n) is 7.03. The summed E-state index contributed by atoms with van der Waals surface area (Å²) in [6, 6.07) is 12.5. The summed E-state index contributed by atoms with van der Waals surface area (Å²) in [5.74, 6) is -0.284. The Balaban J connectivity index is 1.45. The van der Waals surface area contributed by atoms with E-state index in [1.807, 2.05) is 18.3 Å². The molecule has 25 heavy (non-hydrogen) atoms. The Bertz CT molecular complexity index is 652. The van der Waals surface area contributed by atoms with Crippen LogP contribution in [0.3, 0.4) is 0 Å². The minimum Gasteiger partial charge on any atom is -0.384 e. The van der Waals surface area contributed by atoms with Crippen molar-refractivity contribution in [1.29, 1.82) is 0 Å². The molecule has 1 aliphatic rings. The fraction of sp³-hybridized carbons (Fsp3) is 0.450. The van der Waals surface area contributed by atoms with E-state index in [4.69, 9.17) is 0 Å². The first kappa shape index (κ1) is 18.0. The Morgan fingerprint density at radius 1 is 1.20 bits per heavy atom. The number of pyridine rings is 1. The van der Waals surface area contributed by atoms with Gasteiger partial charge in [0, 0.05) is 38.4 Å². The standard InChI is InChI=1S/C20H26FN3O/c1-20(25,16-5-7-17(21)8-6-16)15-23-18-9-12-24(13-10-18)14-19-4-2-3-11-22-19/h2-8,11,18,23,25H,9-10,12-15H2,1H3/t20-/m0/s1. The highest BCUT2D eigenvalue weighted by molar-refractivity contribution is 5.22. The largest absolute Gasteiger partial charge is 0.384 e. The fourth-order valence-corrected chi connectivity index (χ4v) is 3.27. The second-order valence-corrected chi connectivity index (χ2v) is 7.03. The third kappa shape index (κ3) is 5.08. The van der Waals surface area contributed by atoms with Crippen LogP contribution in [0.2, 0.25) is 0 Å². The molecule has 2 N–H and O–H groups in total. The summed E-state index contributed by atoms with van der Waals surface area (Å²) in [5.41, 5.74) is 0.834. The number of piperidine rings is 1. The van der Waals surface area contributed by atoms with E-state index in [1.54, 1.807) is 19.1 Å². The number of nitrogens with zero attached hydrogens (tertiary/aromatic N) is 2. The van der Waals surface area contributed by atoms with Crippen LogP contribution >= 0.6 is 0 Å². The number of nitrogens with one attached hydrogen (secondary N) is 1. The van der Waals surface area contributed by atoms with Gasteiger partial charge >= 0.3 is 0 Å². The van der Waals surface area contributed by atoms with Crippen molar-refractivity contribution in [2.45, 2.75) is 38.0 Å². The van der Waals surface area contributed by atoms with Crippen molar-refractivity contribution < 1.29 is 9.50 Å². The fourth-order valence-electron chi connectivity index (χ4n) is 3.27. The Labute approximate surface area is 148 Å². The van der Waals surface area contributed by atoms with Crippen LogP contribution in [0.5, 0.6) is 0 Å². The predicted molar refractivity (Wildman–Crippen MR) is 96.5 cm³/mol. The van der Waals surface area contributed by atoms with E-state index in [9.17, 15) is 9.50 Å². The average molecular weight is 343 g/mol. The summed E-state index contributed by atoms with van der Waals surface area (Å²) in [5, 5.41) is 14.1. The van der Waals surface area contributed by atoms with Gasteiger partial charge in [-0.1, -0.05) is 18.2 Å². The van der Waals surface area contributed by atoms with Crippen molar-refractivity contribution in [2.75, 3.05) is 19.6 Å². The average Bonchev–Trinajstić information content (AvgIpc) is 2.62. The zero-order valence-electron chi connectivity index (χ0n) is 14.7. The Hall–Kier alpha value is -1.82. The molecule has 2 heterocycles. The quantitative estimate of drug-likeness (QED) is 0.847. The van der Waals surface area contributed by atoms with E-state index in [1.165, 1.54) is 12.1 Å². The number of halogens is 1. The molecule has 0 spiro atoms. The summed E-state index contributed by atoms with van der Waals surface area (Å²) < 4.78 is 13.0. The molecule has 134 valence electrons. The van der Waals surface area contributed by atoms with Crippen molar-refractivity contribution in [3.63, 3.8) is 0 Å². The molecule has 1 fully saturated rings. The van der Waals surface area contributed by atoms with Crippen LogP contribution in [0.15, 0.2) is 48.7 Å². The minimum atomic E-state index is -1.00. The second kappa shape index (κ2) is 8.04. The van der Waals surface area contributed by atoms with E-state index in [0.29, 0.717) is 12.6 Å². The molecule has 5 heteroatoms. The lowest BCUT2D eigenvalue weighted by Crippen LogP contribution is -2.46. The first-order chi connectivity index (χ1) is 12.0. The number of rotatable bonds is 6. The summed E-state index contributed by atoms with van der Waals surface area (Å²) >= 11 is 0. The highest BCUT2D eigenvalue weighted by Crippen LogP contribution is 2.21. The summed E-state index contributed by atoms with van der Waals surface area (Å²) in [6.45, 7) is 5.16. The highest BCUT2D eigenvalue weighted by Gasteiger charge is 2.26. The zero-order valence-corrected chi connectivity index (χ0v) is 14.7. The van der Waals surface area contributed by atoms with E-state index in [2.05, 4.69) is 21.3 Å². The lowest BCUT2D eigenvalue weighted by molar-refractivity contribution is 0.0498. The molecule has 4 nitrogen and oxygen atoms in total. The lowest BCUT2D eigenvalue weighted by Gasteiger charge is -2.34. The number of aliphatic hydroxyl groups is 1. The molecule has 0 radical (unpaired) electrons. The first-order valence-corrected chi connectivity index (χ1v) is 8.87. The summed E-state index contributed by atoms with van der Waals surface area (Å²) in [6.07, 6.45) is 3.93. The first-order valence-electron chi connectivity index (χ1n) is 8.87. The number of likely N-dealkylation sites (tertiary alicyclic amines) is 1. The van der Waals surface area contributed by atoms with E-state index in [-0.39, 0.29) is 5.82 Å². The smallest absolute Gasteiger partial charge is 0.123 e. The van der Waals surface area contributed by atoms with Gasteiger partial charge in [0.15, 0.2) is 0 Å². The van der Waals surface area contributed by atoms with Gasteiger partial charge in [-0.15, -0.1) is 0 Å². The van der Waals surface area contributed by atoms with Gasteiger partial charge < -0.3 is 10.4 Å².